The molecule has 0 amide bonds. The van der Waals surface area contributed by atoms with Crippen LogP contribution in [-0.4, -0.2) is 16.0 Å². The molecule has 0 radical (unpaired) electrons. The number of rotatable bonds is 17. The van der Waals surface area contributed by atoms with Crippen molar-refractivity contribution in [2.24, 2.45) is 0 Å². The van der Waals surface area contributed by atoms with Crippen LogP contribution in [-0.2, 0) is 0 Å². The molecule has 0 heterocycles. The second-order valence-corrected chi connectivity index (χ2v) is 8.85. The standard InChI is InChI=1S/C24H38Cl2O3/c1-2-3-4-5-6-7-8-9-10-11-12-13-14-15-16-17-21(27)22-23(28)19(25)18-20(26)24(22)29/h18,28-29H,2-17H2,1H3. The van der Waals surface area contributed by atoms with Crippen molar-refractivity contribution in [3.05, 3.63) is 21.7 Å². The number of aromatic hydroxyl groups is 2. The first-order chi connectivity index (χ1) is 14.0. The summed E-state index contributed by atoms with van der Waals surface area (Å²) in [7, 11) is 0. The first kappa shape index (κ1) is 26.1. The van der Waals surface area contributed by atoms with Gasteiger partial charge in [-0.2, -0.15) is 0 Å². The average Bonchev–Trinajstić information content (AvgIpc) is 2.69. The number of Topliss-reactive ketones (excluding diaryl/α,β-unsaturated/α-hetero) is 1. The molecule has 0 aliphatic rings. The summed E-state index contributed by atoms with van der Waals surface area (Å²) >= 11 is 11.7. The first-order valence-electron chi connectivity index (χ1n) is 11.4. The number of phenols is 2. The molecule has 0 saturated carbocycles. The van der Waals surface area contributed by atoms with Crippen molar-refractivity contribution in [2.45, 2.75) is 110 Å². The van der Waals surface area contributed by atoms with Gasteiger partial charge in [-0.15, -0.1) is 0 Å². The smallest absolute Gasteiger partial charge is 0.170 e. The van der Waals surface area contributed by atoms with Crippen LogP contribution in [0.5, 0.6) is 11.5 Å². The second kappa shape index (κ2) is 15.8. The minimum absolute atomic E-state index is 0.0207. The molecule has 0 aliphatic heterocycles. The van der Waals surface area contributed by atoms with Crippen LogP contribution < -0.4 is 0 Å². The van der Waals surface area contributed by atoms with Crippen LogP contribution in [0.15, 0.2) is 6.07 Å². The van der Waals surface area contributed by atoms with E-state index in [-0.39, 0.29) is 39.3 Å². The highest BCUT2D eigenvalue weighted by molar-refractivity contribution is 6.37. The maximum atomic E-state index is 12.3. The molecule has 5 heteroatoms. The number of carbonyl (C=O) groups is 1. The van der Waals surface area contributed by atoms with Crippen LogP contribution in [0.4, 0.5) is 0 Å². The van der Waals surface area contributed by atoms with Gasteiger partial charge in [-0.3, -0.25) is 4.79 Å². The van der Waals surface area contributed by atoms with Gasteiger partial charge in [0.05, 0.1) is 10.0 Å². The molecular formula is C24H38Cl2O3. The molecule has 0 bridgehead atoms. The van der Waals surface area contributed by atoms with Crippen molar-refractivity contribution in [3.8, 4) is 11.5 Å². The van der Waals surface area contributed by atoms with Crippen LogP contribution in [0.2, 0.25) is 10.0 Å². The Balaban J connectivity index is 2.02. The van der Waals surface area contributed by atoms with Gasteiger partial charge in [-0.05, 0) is 12.5 Å². The monoisotopic (exact) mass is 444 g/mol. The molecule has 0 unspecified atom stereocenters. The lowest BCUT2D eigenvalue weighted by atomic mass is 10.0. The summed E-state index contributed by atoms with van der Waals surface area (Å²) in [6.07, 6.45) is 19.2. The van der Waals surface area contributed by atoms with Crippen LogP contribution in [0, 0.1) is 0 Å². The average molecular weight is 445 g/mol. The molecule has 166 valence electrons. The Labute approximate surface area is 186 Å². The van der Waals surface area contributed by atoms with Crippen molar-refractivity contribution in [3.63, 3.8) is 0 Å². The van der Waals surface area contributed by atoms with Crippen molar-refractivity contribution < 1.29 is 15.0 Å². The van der Waals surface area contributed by atoms with Crippen molar-refractivity contribution in [1.82, 2.24) is 0 Å². The minimum Gasteiger partial charge on any atom is -0.505 e. The lowest BCUT2D eigenvalue weighted by molar-refractivity contribution is 0.0973. The minimum atomic E-state index is -0.389. The van der Waals surface area contributed by atoms with Crippen LogP contribution in [0.3, 0.4) is 0 Å². The Bertz CT molecular complexity index is 576. The van der Waals surface area contributed by atoms with Gasteiger partial charge in [0.1, 0.15) is 17.1 Å². The molecule has 3 nitrogen and oxygen atoms in total. The molecule has 0 fully saturated rings. The van der Waals surface area contributed by atoms with Gasteiger partial charge in [0, 0.05) is 6.42 Å². The number of phenolic OH excluding ortho intramolecular Hbond substituents is 2. The highest BCUT2D eigenvalue weighted by Gasteiger charge is 2.21. The Morgan fingerprint density at radius 1 is 0.690 bits per heavy atom. The summed E-state index contributed by atoms with van der Waals surface area (Å²) in [6.45, 7) is 2.26. The highest BCUT2D eigenvalue weighted by atomic mass is 35.5. The van der Waals surface area contributed by atoms with Crippen LogP contribution >= 0.6 is 23.2 Å². The van der Waals surface area contributed by atoms with E-state index in [4.69, 9.17) is 23.2 Å². The van der Waals surface area contributed by atoms with Crippen molar-refractivity contribution >= 4 is 29.0 Å². The fraction of sp³-hybridized carbons (Fsp3) is 0.708. The molecule has 0 aliphatic carbocycles. The molecule has 0 atom stereocenters. The van der Waals surface area contributed by atoms with Gasteiger partial charge in [0.2, 0.25) is 0 Å². The van der Waals surface area contributed by atoms with Crippen molar-refractivity contribution in [1.29, 1.82) is 0 Å². The van der Waals surface area contributed by atoms with Gasteiger partial charge in [0.25, 0.3) is 0 Å². The van der Waals surface area contributed by atoms with Gasteiger partial charge in [-0.25, -0.2) is 0 Å². The SMILES string of the molecule is CCCCCCCCCCCCCCCCCC(=O)c1c(O)c(Cl)cc(Cl)c1O. The summed E-state index contributed by atoms with van der Waals surface area (Å²) in [4.78, 5) is 12.3. The zero-order chi connectivity index (χ0) is 21.5. The Morgan fingerprint density at radius 3 is 1.41 bits per heavy atom. The van der Waals surface area contributed by atoms with E-state index in [9.17, 15) is 15.0 Å². The summed E-state index contributed by atoms with van der Waals surface area (Å²) in [5.41, 5.74) is -0.159. The van der Waals surface area contributed by atoms with Crippen molar-refractivity contribution in [2.75, 3.05) is 0 Å². The fourth-order valence-electron chi connectivity index (χ4n) is 3.64. The lowest BCUT2D eigenvalue weighted by Gasteiger charge is -2.09. The van der Waals surface area contributed by atoms with Crippen LogP contribution in [0.25, 0.3) is 0 Å². The van der Waals surface area contributed by atoms with E-state index >= 15 is 0 Å². The lowest BCUT2D eigenvalue weighted by Crippen LogP contribution is -2.01. The van der Waals surface area contributed by atoms with Gasteiger partial charge >= 0.3 is 0 Å². The quantitative estimate of drug-likeness (QED) is 0.186. The first-order valence-corrected chi connectivity index (χ1v) is 12.2. The van der Waals surface area contributed by atoms with E-state index < -0.39 is 0 Å². The third-order valence-electron chi connectivity index (χ3n) is 5.47. The molecule has 0 aromatic heterocycles. The molecule has 1 aromatic carbocycles. The van der Waals surface area contributed by atoms with E-state index in [1.165, 1.54) is 83.1 Å². The van der Waals surface area contributed by atoms with E-state index in [1.807, 2.05) is 0 Å². The maximum absolute atomic E-state index is 12.3. The predicted molar refractivity (Wildman–Crippen MR) is 124 cm³/mol. The highest BCUT2D eigenvalue weighted by Crippen LogP contribution is 2.40. The maximum Gasteiger partial charge on any atom is 0.170 e. The number of ketones is 1. The molecule has 2 N–H and O–H groups in total. The largest absolute Gasteiger partial charge is 0.505 e. The molecule has 1 aromatic rings. The molecule has 1 rings (SSSR count). The number of halogens is 2. The molecule has 29 heavy (non-hydrogen) atoms. The summed E-state index contributed by atoms with van der Waals surface area (Å²) in [6, 6.07) is 1.23. The number of carbonyl (C=O) groups excluding carboxylic acids is 1. The second-order valence-electron chi connectivity index (χ2n) is 8.04. The van der Waals surface area contributed by atoms with Gasteiger partial charge < -0.3 is 10.2 Å². The number of unbranched alkanes of at least 4 members (excludes halogenated alkanes) is 14. The number of hydrogen-bond acceptors (Lipinski definition) is 3. The topological polar surface area (TPSA) is 57.5 Å². The van der Waals surface area contributed by atoms with Gasteiger partial charge in [0.15, 0.2) is 5.78 Å². The Hall–Kier alpha value is -0.930. The molecule has 0 saturated heterocycles. The number of hydrogen-bond donors (Lipinski definition) is 2. The molecule has 0 spiro atoms. The predicted octanol–water partition coefficient (Wildman–Crippen LogP) is 8.85. The Morgan fingerprint density at radius 2 is 1.03 bits per heavy atom. The van der Waals surface area contributed by atoms with E-state index in [0.717, 1.165) is 19.3 Å². The fourth-order valence-corrected chi connectivity index (χ4v) is 4.11. The molecular weight excluding hydrogens is 407 g/mol. The Kier molecular flexibility index (Phi) is 14.3. The third-order valence-corrected chi connectivity index (χ3v) is 6.04. The summed E-state index contributed by atoms with van der Waals surface area (Å²) in [5, 5.41) is 19.8. The number of benzene rings is 1. The zero-order valence-corrected chi connectivity index (χ0v) is 19.5. The van der Waals surface area contributed by atoms with E-state index in [2.05, 4.69) is 6.92 Å². The van der Waals surface area contributed by atoms with E-state index in [1.54, 1.807) is 0 Å². The van der Waals surface area contributed by atoms with E-state index in [0.29, 0.717) is 0 Å². The third kappa shape index (κ3) is 10.6. The zero-order valence-electron chi connectivity index (χ0n) is 17.9. The summed E-state index contributed by atoms with van der Waals surface area (Å²) in [5.74, 6) is -1.10. The van der Waals surface area contributed by atoms with Gasteiger partial charge in [-0.1, -0.05) is 120 Å². The normalized spacial score (nSPS) is 11.1. The van der Waals surface area contributed by atoms with Crippen LogP contribution in [0.1, 0.15) is 120 Å². The summed E-state index contributed by atoms with van der Waals surface area (Å²) < 4.78 is 0.